The number of morpholine rings is 1. The van der Waals surface area contributed by atoms with E-state index in [2.05, 4.69) is 67.2 Å². The van der Waals surface area contributed by atoms with E-state index in [1.165, 1.54) is 39.5 Å². The van der Waals surface area contributed by atoms with Crippen LogP contribution in [0.5, 0.6) is 0 Å². The van der Waals surface area contributed by atoms with Gasteiger partial charge in [0.05, 0.1) is 24.5 Å². The van der Waals surface area contributed by atoms with Crippen LogP contribution in [0.3, 0.4) is 0 Å². The number of benzene rings is 2. The summed E-state index contributed by atoms with van der Waals surface area (Å²) in [6, 6.07) is 15.5. The summed E-state index contributed by atoms with van der Waals surface area (Å²) >= 11 is 0. The van der Waals surface area contributed by atoms with Gasteiger partial charge in [-0.3, -0.25) is 4.90 Å². The first-order valence-electron chi connectivity index (χ1n) is 12.4. The molecule has 2 aromatic heterocycles. The molecule has 8 heteroatoms. The molecule has 2 aliphatic rings. The van der Waals surface area contributed by atoms with Crippen molar-refractivity contribution < 1.29 is 14.6 Å². The Morgan fingerprint density at radius 3 is 2.75 bits per heavy atom. The summed E-state index contributed by atoms with van der Waals surface area (Å²) in [5.41, 5.74) is 7.99. The number of carboxylic acids is 1. The number of hydrogen-bond acceptors (Lipinski definition) is 6. The van der Waals surface area contributed by atoms with Crippen LogP contribution in [0.2, 0.25) is 0 Å². The number of anilines is 1. The molecule has 0 amide bonds. The van der Waals surface area contributed by atoms with Gasteiger partial charge in [0, 0.05) is 67.5 Å². The molecule has 2 aromatic carbocycles. The number of nitrogens with zero attached hydrogens (tertiary/aromatic N) is 4. The van der Waals surface area contributed by atoms with Gasteiger partial charge in [-0.15, -0.1) is 0 Å². The van der Waals surface area contributed by atoms with E-state index in [9.17, 15) is 9.90 Å². The first-order chi connectivity index (χ1) is 17.5. The van der Waals surface area contributed by atoms with Crippen LogP contribution < -0.4 is 4.90 Å². The molecule has 1 fully saturated rings. The van der Waals surface area contributed by atoms with Gasteiger partial charge in [-0.05, 0) is 41.8 Å². The molecular formula is C28H29N5O3. The van der Waals surface area contributed by atoms with Gasteiger partial charge in [-0.25, -0.2) is 14.8 Å². The number of aromatic carboxylic acids is 1. The highest BCUT2D eigenvalue weighted by Crippen LogP contribution is 2.33. The predicted octanol–water partition coefficient (Wildman–Crippen LogP) is 4.03. The summed E-state index contributed by atoms with van der Waals surface area (Å²) in [5, 5.41) is 10.5. The fourth-order valence-corrected chi connectivity index (χ4v) is 5.25. The Labute approximate surface area is 209 Å². The molecule has 2 N–H and O–H groups in total. The number of aryl methyl sites for hydroxylation is 1. The van der Waals surface area contributed by atoms with Crippen LogP contribution in [0.15, 0.2) is 48.7 Å². The van der Waals surface area contributed by atoms with Crippen LogP contribution in [-0.4, -0.2) is 63.8 Å². The number of carbonyl (C=O) groups is 1. The van der Waals surface area contributed by atoms with Gasteiger partial charge in [0.2, 0.25) is 5.95 Å². The molecule has 0 spiro atoms. The van der Waals surface area contributed by atoms with Crippen molar-refractivity contribution in [2.45, 2.75) is 26.4 Å². The molecule has 2 aliphatic heterocycles. The number of aromatic nitrogens is 3. The lowest BCUT2D eigenvalue weighted by atomic mass is 9.98. The number of nitrogens with one attached hydrogen (secondary N) is 1. The van der Waals surface area contributed by atoms with Crippen molar-refractivity contribution in [1.29, 1.82) is 0 Å². The fourth-order valence-electron chi connectivity index (χ4n) is 5.25. The standard InChI is InChI=1S/C28H29N5O3/c1-18-23(27(34)35)15-29-28(30-18)33-8-7-26-24(17-33)22-14-21(5-6-25(22)31-26)20-4-2-3-19(13-20)16-32-9-11-36-12-10-32/h2-6,13-15,31H,7-12,16-17H2,1H3,(H,34,35). The first-order valence-corrected chi connectivity index (χ1v) is 12.4. The third kappa shape index (κ3) is 4.34. The monoisotopic (exact) mass is 483 g/mol. The maximum absolute atomic E-state index is 11.3. The molecule has 0 saturated carbocycles. The Morgan fingerprint density at radius 2 is 1.94 bits per heavy atom. The summed E-state index contributed by atoms with van der Waals surface area (Å²) in [6.07, 6.45) is 2.27. The quantitative estimate of drug-likeness (QED) is 0.443. The number of H-pyrrole nitrogens is 1. The summed E-state index contributed by atoms with van der Waals surface area (Å²) in [4.78, 5) is 28.4. The summed E-state index contributed by atoms with van der Waals surface area (Å²) in [5.74, 6) is -0.428. The third-order valence-electron chi connectivity index (χ3n) is 7.23. The molecule has 8 nitrogen and oxygen atoms in total. The zero-order valence-corrected chi connectivity index (χ0v) is 20.3. The number of carboxylic acid groups (broad SMARTS) is 1. The van der Waals surface area contributed by atoms with Crippen LogP contribution in [-0.2, 0) is 24.2 Å². The minimum Gasteiger partial charge on any atom is -0.478 e. The van der Waals surface area contributed by atoms with Gasteiger partial charge >= 0.3 is 5.97 Å². The number of hydrogen-bond donors (Lipinski definition) is 2. The average Bonchev–Trinajstić information content (AvgIpc) is 3.26. The van der Waals surface area contributed by atoms with Crippen molar-refractivity contribution in [3.05, 3.63) is 76.7 Å². The molecule has 0 bridgehead atoms. The summed E-state index contributed by atoms with van der Waals surface area (Å²) in [7, 11) is 0. The van der Waals surface area contributed by atoms with Gasteiger partial charge in [-0.2, -0.15) is 0 Å². The van der Waals surface area contributed by atoms with Crippen molar-refractivity contribution in [2.24, 2.45) is 0 Å². The van der Waals surface area contributed by atoms with Gasteiger partial charge in [0.1, 0.15) is 0 Å². The lowest BCUT2D eigenvalue weighted by molar-refractivity contribution is 0.0342. The minimum atomic E-state index is -1.00. The lowest BCUT2D eigenvalue weighted by Crippen LogP contribution is -2.35. The topological polar surface area (TPSA) is 94.6 Å². The number of rotatable bonds is 5. The van der Waals surface area contributed by atoms with Gasteiger partial charge < -0.3 is 19.7 Å². The van der Waals surface area contributed by atoms with Crippen molar-refractivity contribution >= 4 is 22.8 Å². The smallest absolute Gasteiger partial charge is 0.339 e. The molecule has 36 heavy (non-hydrogen) atoms. The van der Waals surface area contributed by atoms with Crippen LogP contribution in [0.1, 0.15) is 32.9 Å². The molecule has 0 unspecified atom stereocenters. The van der Waals surface area contributed by atoms with Crippen molar-refractivity contribution in [3.8, 4) is 11.1 Å². The molecule has 0 aliphatic carbocycles. The molecule has 4 aromatic rings. The average molecular weight is 484 g/mol. The highest BCUT2D eigenvalue weighted by molar-refractivity contribution is 5.90. The molecule has 4 heterocycles. The molecule has 1 saturated heterocycles. The Balaban J connectivity index is 1.28. The number of ether oxygens (including phenoxy) is 1. The normalized spacial score (nSPS) is 16.3. The van der Waals surface area contributed by atoms with Crippen LogP contribution in [0.4, 0.5) is 5.95 Å². The summed E-state index contributed by atoms with van der Waals surface area (Å²) in [6.45, 7) is 7.68. The Bertz CT molecular complexity index is 1440. The summed E-state index contributed by atoms with van der Waals surface area (Å²) < 4.78 is 5.49. The van der Waals surface area contributed by atoms with Crippen LogP contribution in [0, 0.1) is 6.92 Å². The maximum Gasteiger partial charge on any atom is 0.339 e. The van der Waals surface area contributed by atoms with E-state index in [-0.39, 0.29) is 5.56 Å². The zero-order chi connectivity index (χ0) is 24.6. The number of aromatic amines is 1. The second kappa shape index (κ2) is 9.37. The maximum atomic E-state index is 11.3. The molecular weight excluding hydrogens is 454 g/mol. The number of fused-ring (bicyclic) bond motifs is 3. The van der Waals surface area contributed by atoms with E-state index < -0.39 is 5.97 Å². The van der Waals surface area contributed by atoms with Crippen LogP contribution in [0.25, 0.3) is 22.0 Å². The second-order valence-electron chi connectivity index (χ2n) is 9.58. The van der Waals surface area contributed by atoms with Gasteiger partial charge in [0.25, 0.3) is 0 Å². The Kier molecular flexibility index (Phi) is 5.91. The van der Waals surface area contributed by atoms with Gasteiger partial charge in [0.15, 0.2) is 0 Å². The predicted molar refractivity (Wildman–Crippen MR) is 138 cm³/mol. The molecule has 0 atom stereocenters. The fraction of sp³-hybridized carbons (Fsp3) is 0.321. The van der Waals surface area contributed by atoms with Gasteiger partial charge in [-0.1, -0.05) is 24.3 Å². The van der Waals surface area contributed by atoms with E-state index in [4.69, 9.17) is 4.74 Å². The third-order valence-corrected chi connectivity index (χ3v) is 7.23. The van der Waals surface area contributed by atoms with E-state index in [1.54, 1.807) is 6.92 Å². The highest BCUT2D eigenvalue weighted by atomic mass is 16.5. The lowest BCUT2D eigenvalue weighted by Gasteiger charge is -2.27. The van der Waals surface area contributed by atoms with E-state index in [0.29, 0.717) is 18.2 Å². The second-order valence-corrected chi connectivity index (χ2v) is 9.58. The van der Waals surface area contributed by atoms with E-state index in [0.717, 1.165) is 51.3 Å². The van der Waals surface area contributed by atoms with Crippen molar-refractivity contribution in [1.82, 2.24) is 19.9 Å². The van der Waals surface area contributed by atoms with Crippen LogP contribution >= 0.6 is 0 Å². The van der Waals surface area contributed by atoms with E-state index >= 15 is 0 Å². The first kappa shape index (κ1) is 22.7. The van der Waals surface area contributed by atoms with Crippen molar-refractivity contribution in [2.75, 3.05) is 37.7 Å². The van der Waals surface area contributed by atoms with Crippen molar-refractivity contribution in [3.63, 3.8) is 0 Å². The Morgan fingerprint density at radius 1 is 1.11 bits per heavy atom. The molecule has 0 radical (unpaired) electrons. The SMILES string of the molecule is Cc1nc(N2CCc3[nH]c4ccc(-c5cccc(CN6CCOCC6)c5)cc4c3C2)ncc1C(=O)O. The Hall–Kier alpha value is -3.75. The highest BCUT2D eigenvalue weighted by Gasteiger charge is 2.24. The molecule has 184 valence electrons. The largest absolute Gasteiger partial charge is 0.478 e. The zero-order valence-electron chi connectivity index (χ0n) is 20.3. The minimum absolute atomic E-state index is 0.143. The molecule has 6 rings (SSSR count). The van der Waals surface area contributed by atoms with E-state index in [1.807, 2.05) is 0 Å².